The van der Waals surface area contributed by atoms with Crippen LogP contribution in [0.3, 0.4) is 0 Å². The molecule has 1 N–H and O–H groups in total. The molecule has 5 rings (SSSR count). The van der Waals surface area contributed by atoms with E-state index in [0.29, 0.717) is 30.3 Å². The van der Waals surface area contributed by atoms with Gasteiger partial charge in [-0.05, 0) is 25.0 Å². The Kier molecular flexibility index (Phi) is 3.89. The summed E-state index contributed by atoms with van der Waals surface area (Å²) in [6.45, 7) is 1.12. The highest BCUT2D eigenvalue weighted by Crippen LogP contribution is 2.33. The van der Waals surface area contributed by atoms with Crippen LogP contribution in [0, 0.1) is 5.92 Å². The van der Waals surface area contributed by atoms with Crippen LogP contribution in [0.2, 0.25) is 0 Å². The number of carbonyl (C=O) groups excluding carboxylic acids is 2. The number of anilines is 1. The van der Waals surface area contributed by atoms with Crippen molar-refractivity contribution >= 4 is 39.2 Å². The van der Waals surface area contributed by atoms with Crippen molar-refractivity contribution in [1.29, 1.82) is 0 Å². The second kappa shape index (κ2) is 6.42. The summed E-state index contributed by atoms with van der Waals surface area (Å²) < 4.78 is 0. The second-order valence-corrected chi connectivity index (χ2v) is 8.10. The molecule has 0 spiro atoms. The van der Waals surface area contributed by atoms with Gasteiger partial charge in [-0.2, -0.15) is 0 Å². The van der Waals surface area contributed by atoms with Gasteiger partial charge in [0.25, 0.3) is 5.91 Å². The number of fused-ring (bicyclic) bond motifs is 2. The smallest absolute Gasteiger partial charge is 0.272 e. The van der Waals surface area contributed by atoms with E-state index < -0.39 is 0 Å². The molecular formula is C20H18N4O2S. The first-order valence-corrected chi connectivity index (χ1v) is 9.93. The highest BCUT2D eigenvalue weighted by atomic mass is 32.1. The first-order valence-electron chi connectivity index (χ1n) is 9.12. The summed E-state index contributed by atoms with van der Waals surface area (Å²) in [5.41, 5.74) is 2.27. The Morgan fingerprint density at radius 1 is 1.11 bits per heavy atom. The lowest BCUT2D eigenvalue weighted by Crippen LogP contribution is -2.35. The zero-order valence-electron chi connectivity index (χ0n) is 14.6. The average Bonchev–Trinajstić information content (AvgIpc) is 3.47. The molecule has 0 saturated heterocycles. The second-order valence-electron chi connectivity index (χ2n) is 7.02. The molecule has 3 aromatic rings. The number of benzene rings is 1. The minimum Gasteiger partial charge on any atom is -0.332 e. The van der Waals surface area contributed by atoms with Gasteiger partial charge in [0, 0.05) is 29.1 Å². The van der Waals surface area contributed by atoms with Gasteiger partial charge in [-0.3, -0.25) is 9.59 Å². The van der Waals surface area contributed by atoms with Crippen molar-refractivity contribution in [1.82, 2.24) is 14.9 Å². The molecule has 2 amide bonds. The molecule has 1 aromatic carbocycles. The third-order valence-electron chi connectivity index (χ3n) is 5.01. The molecule has 1 fully saturated rings. The zero-order valence-corrected chi connectivity index (χ0v) is 15.5. The lowest BCUT2D eigenvalue weighted by molar-refractivity contribution is -0.117. The van der Waals surface area contributed by atoms with Crippen LogP contribution in [0.4, 0.5) is 5.13 Å². The maximum atomic E-state index is 12.9. The van der Waals surface area contributed by atoms with Crippen molar-refractivity contribution in [2.24, 2.45) is 5.92 Å². The Morgan fingerprint density at radius 2 is 1.96 bits per heavy atom. The van der Waals surface area contributed by atoms with Crippen LogP contribution in [0.1, 0.15) is 33.9 Å². The normalized spacial score (nSPS) is 16.2. The quantitative estimate of drug-likeness (QED) is 0.759. The van der Waals surface area contributed by atoms with Crippen LogP contribution in [0.5, 0.6) is 0 Å². The van der Waals surface area contributed by atoms with E-state index in [1.807, 2.05) is 35.2 Å². The number of hydrogen-bond acceptors (Lipinski definition) is 5. The lowest BCUT2D eigenvalue weighted by atomic mass is 10.1. The molecule has 1 saturated carbocycles. The topological polar surface area (TPSA) is 75.2 Å². The van der Waals surface area contributed by atoms with Crippen molar-refractivity contribution < 1.29 is 9.59 Å². The number of amides is 2. The van der Waals surface area contributed by atoms with Crippen molar-refractivity contribution in [2.75, 3.05) is 11.9 Å². The molecule has 0 radical (unpaired) electrons. The van der Waals surface area contributed by atoms with Crippen LogP contribution in [0.15, 0.2) is 36.4 Å². The average molecular weight is 378 g/mol. The Balaban J connectivity index is 1.34. The number of pyridine rings is 1. The van der Waals surface area contributed by atoms with Gasteiger partial charge in [0.1, 0.15) is 5.69 Å². The molecule has 6 nitrogen and oxygen atoms in total. The number of para-hydroxylation sites is 1. The fourth-order valence-electron chi connectivity index (χ4n) is 3.32. The standard InChI is InChI=1S/C20H18N4O2S/c25-18(13-5-6-13)23-20-22-15-9-10-24(11-17(15)27-20)19(26)16-8-7-12-3-1-2-4-14(12)21-16/h1-4,7-8,13H,5-6,9-11H2,(H,22,23,25). The van der Waals surface area contributed by atoms with Crippen molar-refractivity contribution in [2.45, 2.75) is 25.8 Å². The third kappa shape index (κ3) is 3.19. The van der Waals surface area contributed by atoms with E-state index in [2.05, 4.69) is 15.3 Å². The molecular weight excluding hydrogens is 360 g/mol. The van der Waals surface area contributed by atoms with Crippen LogP contribution < -0.4 is 5.32 Å². The Labute approximate surface area is 160 Å². The van der Waals surface area contributed by atoms with Gasteiger partial charge in [-0.25, -0.2) is 9.97 Å². The summed E-state index contributed by atoms with van der Waals surface area (Å²) in [6, 6.07) is 11.5. The molecule has 1 aliphatic heterocycles. The fraction of sp³-hybridized carbons (Fsp3) is 0.300. The monoisotopic (exact) mass is 378 g/mol. The van der Waals surface area contributed by atoms with Gasteiger partial charge < -0.3 is 10.2 Å². The largest absolute Gasteiger partial charge is 0.332 e. The van der Waals surface area contributed by atoms with Gasteiger partial charge in [-0.15, -0.1) is 0 Å². The molecule has 0 atom stereocenters. The van der Waals surface area contributed by atoms with Gasteiger partial charge in [0.05, 0.1) is 17.8 Å². The zero-order chi connectivity index (χ0) is 18.4. The van der Waals surface area contributed by atoms with E-state index in [1.165, 1.54) is 11.3 Å². The lowest BCUT2D eigenvalue weighted by Gasteiger charge is -2.25. The predicted octanol–water partition coefficient (Wildman–Crippen LogP) is 3.24. The van der Waals surface area contributed by atoms with E-state index >= 15 is 0 Å². The summed E-state index contributed by atoms with van der Waals surface area (Å²) in [5.74, 6) is 0.153. The summed E-state index contributed by atoms with van der Waals surface area (Å²) >= 11 is 1.47. The minimum absolute atomic E-state index is 0.0643. The Hall–Kier alpha value is -2.80. The van der Waals surface area contributed by atoms with E-state index in [1.54, 1.807) is 6.07 Å². The molecule has 3 heterocycles. The Morgan fingerprint density at radius 3 is 2.81 bits per heavy atom. The summed E-state index contributed by atoms with van der Waals surface area (Å²) in [4.78, 5) is 36.8. The molecule has 0 bridgehead atoms. The highest BCUT2D eigenvalue weighted by Gasteiger charge is 2.31. The SMILES string of the molecule is O=C(Nc1nc2c(s1)CN(C(=O)c1ccc3ccccc3n1)CC2)C1CC1. The Bertz CT molecular complexity index is 1060. The minimum atomic E-state index is -0.0663. The number of carbonyl (C=O) groups is 2. The molecule has 1 aliphatic carbocycles. The first kappa shape index (κ1) is 16.4. The predicted molar refractivity (Wildman–Crippen MR) is 104 cm³/mol. The molecule has 7 heteroatoms. The molecule has 136 valence electrons. The number of hydrogen-bond donors (Lipinski definition) is 1. The summed E-state index contributed by atoms with van der Waals surface area (Å²) in [6.07, 6.45) is 2.64. The first-order chi connectivity index (χ1) is 13.2. The molecule has 2 aliphatic rings. The maximum Gasteiger partial charge on any atom is 0.272 e. The van der Waals surface area contributed by atoms with E-state index in [-0.39, 0.29) is 17.7 Å². The van der Waals surface area contributed by atoms with Crippen molar-refractivity contribution in [3.63, 3.8) is 0 Å². The fourth-order valence-corrected chi connectivity index (χ4v) is 4.35. The number of aromatic nitrogens is 2. The maximum absolute atomic E-state index is 12.9. The van der Waals surface area contributed by atoms with Gasteiger partial charge in [0.2, 0.25) is 5.91 Å². The van der Waals surface area contributed by atoms with E-state index in [4.69, 9.17) is 0 Å². The summed E-state index contributed by atoms with van der Waals surface area (Å²) in [7, 11) is 0. The number of nitrogens with one attached hydrogen (secondary N) is 1. The molecule has 27 heavy (non-hydrogen) atoms. The van der Waals surface area contributed by atoms with Crippen LogP contribution in [-0.2, 0) is 17.8 Å². The summed E-state index contributed by atoms with van der Waals surface area (Å²) in [5, 5.41) is 4.58. The van der Waals surface area contributed by atoms with Crippen LogP contribution >= 0.6 is 11.3 Å². The molecule has 0 unspecified atom stereocenters. The van der Waals surface area contributed by atoms with E-state index in [9.17, 15) is 9.59 Å². The third-order valence-corrected chi connectivity index (χ3v) is 6.01. The highest BCUT2D eigenvalue weighted by molar-refractivity contribution is 7.15. The van der Waals surface area contributed by atoms with Gasteiger partial charge in [0.15, 0.2) is 5.13 Å². The molecule has 2 aromatic heterocycles. The van der Waals surface area contributed by atoms with Gasteiger partial charge >= 0.3 is 0 Å². The van der Waals surface area contributed by atoms with Crippen LogP contribution in [0.25, 0.3) is 10.9 Å². The number of thiazole rings is 1. The number of rotatable bonds is 3. The van der Waals surface area contributed by atoms with Crippen LogP contribution in [-0.4, -0.2) is 33.2 Å². The number of nitrogens with zero attached hydrogens (tertiary/aromatic N) is 3. The van der Waals surface area contributed by atoms with E-state index in [0.717, 1.165) is 34.3 Å². The van der Waals surface area contributed by atoms with Gasteiger partial charge in [-0.1, -0.05) is 35.6 Å². The van der Waals surface area contributed by atoms with Crippen molar-refractivity contribution in [3.05, 3.63) is 52.7 Å². The van der Waals surface area contributed by atoms with Crippen molar-refractivity contribution in [3.8, 4) is 0 Å².